The topological polar surface area (TPSA) is 48.5 Å². The first-order valence-corrected chi connectivity index (χ1v) is 9.80. The first-order valence-electron chi connectivity index (χ1n) is 9.80. The highest BCUT2D eigenvalue weighted by atomic mass is 16.2. The highest BCUT2D eigenvalue weighted by molar-refractivity contribution is 5.75. The summed E-state index contributed by atoms with van der Waals surface area (Å²) in [6.07, 6.45) is 7.68. The molecule has 1 aliphatic rings. The van der Waals surface area contributed by atoms with Gasteiger partial charge in [-0.05, 0) is 68.6 Å². The number of rotatable bonds is 6. The van der Waals surface area contributed by atoms with Gasteiger partial charge in [0.1, 0.15) is 0 Å². The predicted octanol–water partition coefficient (Wildman–Crippen LogP) is 3.62. The molecule has 1 aliphatic heterocycles. The van der Waals surface area contributed by atoms with E-state index in [1.165, 1.54) is 23.1 Å². The molecule has 27 heavy (non-hydrogen) atoms. The minimum atomic E-state index is 0.0473. The van der Waals surface area contributed by atoms with Gasteiger partial charge in [-0.2, -0.15) is 0 Å². The molecule has 1 N–H and O–H groups in total. The van der Waals surface area contributed by atoms with Crippen molar-refractivity contribution in [2.24, 2.45) is 0 Å². The Morgan fingerprint density at radius 1 is 1.11 bits per heavy atom. The molecular formula is C22H30N4O. The van der Waals surface area contributed by atoms with Crippen LogP contribution in [0, 0.1) is 0 Å². The van der Waals surface area contributed by atoms with E-state index in [9.17, 15) is 4.79 Å². The molecule has 0 spiro atoms. The number of likely N-dealkylation sites (tertiary alicyclic amines) is 1. The monoisotopic (exact) mass is 366 g/mol. The lowest BCUT2D eigenvalue weighted by molar-refractivity contribution is 0.151. The van der Waals surface area contributed by atoms with Gasteiger partial charge in [-0.25, -0.2) is 4.79 Å². The minimum Gasteiger partial charge on any atom is -0.338 e. The molecule has 1 saturated heterocycles. The minimum absolute atomic E-state index is 0.0473. The van der Waals surface area contributed by atoms with Crippen LogP contribution in [0.5, 0.6) is 0 Å². The Morgan fingerprint density at radius 2 is 1.85 bits per heavy atom. The van der Waals surface area contributed by atoms with E-state index in [2.05, 4.69) is 53.6 Å². The van der Waals surface area contributed by atoms with E-state index in [0.717, 1.165) is 32.4 Å². The zero-order valence-electron chi connectivity index (χ0n) is 16.4. The zero-order valence-corrected chi connectivity index (χ0v) is 16.4. The fourth-order valence-corrected chi connectivity index (χ4v) is 3.70. The van der Waals surface area contributed by atoms with Crippen LogP contribution in [0.3, 0.4) is 0 Å². The average Bonchev–Trinajstić information content (AvgIpc) is 2.69. The number of carbonyl (C=O) groups is 1. The number of carbonyl (C=O) groups excluding carboxylic acids is 1. The summed E-state index contributed by atoms with van der Waals surface area (Å²) in [4.78, 5) is 21.0. The van der Waals surface area contributed by atoms with Crippen molar-refractivity contribution in [2.75, 3.05) is 27.2 Å². The van der Waals surface area contributed by atoms with Crippen molar-refractivity contribution in [3.8, 4) is 0 Å². The Hall–Kier alpha value is -2.40. The lowest BCUT2D eigenvalue weighted by Gasteiger charge is -2.36. The predicted molar refractivity (Wildman–Crippen MR) is 108 cm³/mol. The number of hydrogen-bond acceptors (Lipinski definition) is 3. The Bertz CT molecular complexity index is 715. The third kappa shape index (κ3) is 5.54. The van der Waals surface area contributed by atoms with Gasteiger partial charge in [-0.3, -0.25) is 4.98 Å². The molecular weight excluding hydrogens is 336 g/mol. The maximum atomic E-state index is 12.8. The number of nitrogens with one attached hydrogen (secondary N) is 1. The van der Waals surface area contributed by atoms with Gasteiger partial charge in [0, 0.05) is 32.0 Å². The Labute approximate surface area is 162 Å². The second-order valence-electron chi connectivity index (χ2n) is 7.52. The van der Waals surface area contributed by atoms with Crippen molar-refractivity contribution in [3.63, 3.8) is 0 Å². The number of aromatic nitrogens is 1. The van der Waals surface area contributed by atoms with Gasteiger partial charge in [-0.15, -0.1) is 0 Å². The molecule has 1 aromatic carbocycles. The number of urea groups is 1. The summed E-state index contributed by atoms with van der Waals surface area (Å²) in [5, 5.41) is 3.10. The lowest BCUT2D eigenvalue weighted by Crippen LogP contribution is -2.45. The number of piperidine rings is 1. The van der Waals surface area contributed by atoms with Crippen molar-refractivity contribution in [1.29, 1.82) is 0 Å². The smallest absolute Gasteiger partial charge is 0.317 e. The van der Waals surface area contributed by atoms with Crippen molar-refractivity contribution in [3.05, 3.63) is 65.5 Å². The van der Waals surface area contributed by atoms with E-state index in [4.69, 9.17) is 0 Å². The van der Waals surface area contributed by atoms with Gasteiger partial charge in [-0.1, -0.05) is 24.3 Å². The van der Waals surface area contributed by atoms with Crippen molar-refractivity contribution in [1.82, 2.24) is 20.1 Å². The van der Waals surface area contributed by atoms with Crippen LogP contribution >= 0.6 is 0 Å². The van der Waals surface area contributed by atoms with Gasteiger partial charge in [0.2, 0.25) is 0 Å². The SMILES string of the molecule is CN(C)Cc1ccc(C2CCCCN2C(=O)NCCc2ccncc2)cc1. The summed E-state index contributed by atoms with van der Waals surface area (Å²) < 4.78 is 0. The van der Waals surface area contributed by atoms with Crippen LogP contribution in [0.15, 0.2) is 48.8 Å². The first-order chi connectivity index (χ1) is 13.1. The van der Waals surface area contributed by atoms with E-state index in [-0.39, 0.29) is 12.1 Å². The molecule has 2 heterocycles. The van der Waals surface area contributed by atoms with Crippen LogP contribution in [0.1, 0.15) is 42.0 Å². The van der Waals surface area contributed by atoms with Gasteiger partial charge >= 0.3 is 6.03 Å². The van der Waals surface area contributed by atoms with Crippen molar-refractivity contribution >= 4 is 6.03 Å². The summed E-state index contributed by atoms with van der Waals surface area (Å²) in [5.41, 5.74) is 3.73. The van der Waals surface area contributed by atoms with E-state index in [0.29, 0.717) is 6.54 Å². The van der Waals surface area contributed by atoms with Gasteiger partial charge in [0.05, 0.1) is 6.04 Å². The molecule has 1 fully saturated rings. The summed E-state index contributed by atoms with van der Waals surface area (Å²) in [6.45, 7) is 2.41. The molecule has 5 nitrogen and oxygen atoms in total. The molecule has 1 unspecified atom stereocenters. The van der Waals surface area contributed by atoms with Crippen LogP contribution in [-0.4, -0.2) is 48.0 Å². The van der Waals surface area contributed by atoms with Crippen LogP contribution < -0.4 is 5.32 Å². The number of benzene rings is 1. The molecule has 1 atom stereocenters. The second-order valence-corrected chi connectivity index (χ2v) is 7.52. The third-order valence-electron chi connectivity index (χ3n) is 5.07. The molecule has 144 valence electrons. The summed E-state index contributed by atoms with van der Waals surface area (Å²) in [6, 6.07) is 12.9. The Balaban J connectivity index is 1.59. The van der Waals surface area contributed by atoms with E-state index >= 15 is 0 Å². The van der Waals surface area contributed by atoms with E-state index in [1.54, 1.807) is 12.4 Å². The lowest BCUT2D eigenvalue weighted by atomic mass is 9.95. The zero-order chi connectivity index (χ0) is 19.1. The number of nitrogens with zero attached hydrogens (tertiary/aromatic N) is 3. The quantitative estimate of drug-likeness (QED) is 0.849. The largest absolute Gasteiger partial charge is 0.338 e. The maximum absolute atomic E-state index is 12.8. The standard InChI is InChI=1S/C22H30N4O/c1-25(2)17-19-6-8-20(9-7-19)21-5-3-4-16-26(21)22(27)24-15-12-18-10-13-23-14-11-18/h6-11,13-14,21H,3-5,12,15-17H2,1-2H3,(H,24,27). The van der Waals surface area contributed by atoms with Crippen molar-refractivity contribution < 1.29 is 4.79 Å². The first kappa shape index (κ1) is 19.4. The summed E-state index contributed by atoms with van der Waals surface area (Å²) in [7, 11) is 4.15. The van der Waals surface area contributed by atoms with E-state index < -0.39 is 0 Å². The third-order valence-corrected chi connectivity index (χ3v) is 5.07. The molecule has 0 aliphatic carbocycles. The molecule has 1 aromatic heterocycles. The summed E-state index contributed by atoms with van der Waals surface area (Å²) in [5.74, 6) is 0. The number of pyridine rings is 1. The van der Waals surface area contributed by atoms with Crippen molar-refractivity contribution in [2.45, 2.75) is 38.3 Å². The van der Waals surface area contributed by atoms with Crippen LogP contribution in [0.4, 0.5) is 4.79 Å². The van der Waals surface area contributed by atoms with Gasteiger partial charge in [0.15, 0.2) is 0 Å². The van der Waals surface area contributed by atoms with Crippen LogP contribution in [0.25, 0.3) is 0 Å². The Morgan fingerprint density at radius 3 is 2.56 bits per heavy atom. The number of hydrogen-bond donors (Lipinski definition) is 1. The van der Waals surface area contributed by atoms with E-state index in [1.807, 2.05) is 17.0 Å². The van der Waals surface area contributed by atoms with Gasteiger partial charge in [0.25, 0.3) is 0 Å². The average molecular weight is 367 g/mol. The highest BCUT2D eigenvalue weighted by Crippen LogP contribution is 2.31. The van der Waals surface area contributed by atoms with Crippen LogP contribution in [0.2, 0.25) is 0 Å². The second kappa shape index (κ2) is 9.51. The molecule has 0 bridgehead atoms. The molecule has 5 heteroatoms. The highest BCUT2D eigenvalue weighted by Gasteiger charge is 2.27. The maximum Gasteiger partial charge on any atom is 0.317 e. The molecule has 0 saturated carbocycles. The fourth-order valence-electron chi connectivity index (χ4n) is 3.70. The molecule has 0 radical (unpaired) electrons. The molecule has 2 amide bonds. The molecule has 3 rings (SSSR count). The summed E-state index contributed by atoms with van der Waals surface area (Å²) >= 11 is 0. The Kier molecular flexibility index (Phi) is 6.82. The number of amides is 2. The molecule has 2 aromatic rings. The van der Waals surface area contributed by atoms with Crippen LogP contribution in [-0.2, 0) is 13.0 Å². The van der Waals surface area contributed by atoms with Gasteiger partial charge < -0.3 is 15.1 Å². The fraction of sp³-hybridized carbons (Fsp3) is 0.455. The normalized spacial score (nSPS) is 17.1.